The lowest BCUT2D eigenvalue weighted by molar-refractivity contribution is -0.129. The SMILES string of the molecule is CC1CN(c2nc3ccccc3nc2SCC(=O)N2CCN(S(=O)(=O)c3cc(Cl)ccc3Cl)CC2)CC(C)O1. The maximum absolute atomic E-state index is 13.2. The van der Waals surface area contributed by atoms with Crippen LogP contribution in [0.15, 0.2) is 52.4 Å². The fourth-order valence-electron chi connectivity index (χ4n) is 4.84. The molecule has 2 aromatic carbocycles. The average molecular weight is 611 g/mol. The lowest BCUT2D eigenvalue weighted by Crippen LogP contribution is -2.51. The normalized spacial score (nSPS) is 20.9. The summed E-state index contributed by atoms with van der Waals surface area (Å²) < 4.78 is 33.5. The predicted molar refractivity (Wildman–Crippen MR) is 154 cm³/mol. The fourth-order valence-corrected chi connectivity index (χ4v) is 7.91. The van der Waals surface area contributed by atoms with Gasteiger partial charge in [0.05, 0.1) is 34.0 Å². The van der Waals surface area contributed by atoms with E-state index < -0.39 is 10.0 Å². The van der Waals surface area contributed by atoms with E-state index in [-0.39, 0.29) is 60.0 Å². The lowest BCUT2D eigenvalue weighted by atomic mass is 10.2. The number of nitrogens with zero attached hydrogens (tertiary/aromatic N) is 5. The van der Waals surface area contributed by atoms with Crippen LogP contribution < -0.4 is 4.90 Å². The zero-order chi connectivity index (χ0) is 27.7. The molecule has 3 heterocycles. The first kappa shape index (κ1) is 28.4. The number of carbonyl (C=O) groups is 1. The van der Waals surface area contributed by atoms with Gasteiger partial charge in [0.1, 0.15) is 9.92 Å². The van der Waals surface area contributed by atoms with Crippen LogP contribution in [-0.4, -0.2) is 90.7 Å². The van der Waals surface area contributed by atoms with Crippen molar-refractivity contribution < 1.29 is 17.9 Å². The monoisotopic (exact) mass is 609 g/mol. The number of fused-ring (bicyclic) bond motifs is 1. The van der Waals surface area contributed by atoms with Crippen molar-refractivity contribution in [1.29, 1.82) is 0 Å². The number of sulfonamides is 1. The summed E-state index contributed by atoms with van der Waals surface area (Å²) in [5.41, 5.74) is 1.57. The van der Waals surface area contributed by atoms with E-state index in [2.05, 4.69) is 4.90 Å². The molecule has 0 spiro atoms. The zero-order valence-electron chi connectivity index (χ0n) is 21.6. The van der Waals surface area contributed by atoms with Crippen molar-refractivity contribution in [3.63, 3.8) is 0 Å². The number of benzene rings is 2. The Bertz CT molecular complexity index is 1470. The molecule has 3 aromatic rings. The molecule has 0 bridgehead atoms. The Morgan fingerprint density at radius 1 is 1.00 bits per heavy atom. The van der Waals surface area contributed by atoms with Gasteiger partial charge in [-0.3, -0.25) is 4.79 Å². The molecule has 1 amide bonds. The topological polar surface area (TPSA) is 95.9 Å². The third-order valence-electron chi connectivity index (χ3n) is 6.68. The second kappa shape index (κ2) is 11.8. The summed E-state index contributed by atoms with van der Waals surface area (Å²) in [5, 5.41) is 1.10. The second-order valence-electron chi connectivity index (χ2n) is 9.65. The molecule has 5 rings (SSSR count). The molecule has 9 nitrogen and oxygen atoms in total. The van der Waals surface area contributed by atoms with Crippen molar-refractivity contribution >= 4 is 67.7 Å². The average Bonchev–Trinajstić information content (AvgIpc) is 2.92. The first-order chi connectivity index (χ1) is 18.6. The van der Waals surface area contributed by atoms with E-state index in [0.717, 1.165) is 16.9 Å². The van der Waals surface area contributed by atoms with Gasteiger partial charge in [-0.2, -0.15) is 4.31 Å². The van der Waals surface area contributed by atoms with E-state index in [0.29, 0.717) is 23.1 Å². The smallest absolute Gasteiger partial charge is 0.244 e. The number of thioether (sulfide) groups is 1. The van der Waals surface area contributed by atoms with Gasteiger partial charge in [0, 0.05) is 44.3 Å². The lowest BCUT2D eigenvalue weighted by Gasteiger charge is -2.36. The Balaban J connectivity index is 1.27. The number of amides is 1. The van der Waals surface area contributed by atoms with Crippen molar-refractivity contribution in [3.05, 3.63) is 52.5 Å². The minimum atomic E-state index is -3.83. The third kappa shape index (κ3) is 6.28. The number of anilines is 1. The Kier molecular flexibility index (Phi) is 8.56. The number of halogens is 2. The highest BCUT2D eigenvalue weighted by atomic mass is 35.5. The molecular formula is C26H29Cl2N5O4S2. The largest absolute Gasteiger partial charge is 0.372 e. The second-order valence-corrected chi connectivity index (χ2v) is 13.4. The molecule has 2 aliphatic heterocycles. The van der Waals surface area contributed by atoms with Gasteiger partial charge in [0.25, 0.3) is 0 Å². The molecular weight excluding hydrogens is 581 g/mol. The van der Waals surface area contributed by atoms with Gasteiger partial charge >= 0.3 is 0 Å². The molecule has 2 atom stereocenters. The number of hydrogen-bond donors (Lipinski definition) is 0. The molecule has 0 radical (unpaired) electrons. The summed E-state index contributed by atoms with van der Waals surface area (Å²) >= 11 is 13.5. The highest BCUT2D eigenvalue weighted by Crippen LogP contribution is 2.32. The fraction of sp³-hybridized carbons (Fsp3) is 0.423. The summed E-state index contributed by atoms with van der Waals surface area (Å²) in [4.78, 5) is 26.8. The predicted octanol–water partition coefficient (Wildman–Crippen LogP) is 4.18. The van der Waals surface area contributed by atoms with Crippen LogP contribution in [0, 0.1) is 0 Å². The van der Waals surface area contributed by atoms with Crippen molar-refractivity contribution in [3.8, 4) is 0 Å². The summed E-state index contributed by atoms with van der Waals surface area (Å²) in [5.74, 6) is 0.841. The number of piperazine rings is 1. The number of rotatable bonds is 6. The standard InChI is InChI=1S/C26H29Cl2N5O4S2/c1-17-14-32(15-18(2)37-17)25-26(30-22-6-4-3-5-21(22)29-25)38-16-24(34)31-9-11-33(12-10-31)39(35,36)23-13-19(27)7-8-20(23)28/h3-8,13,17-18H,9-12,14-16H2,1-2H3. The van der Waals surface area contributed by atoms with Gasteiger partial charge in [-0.15, -0.1) is 0 Å². The molecule has 2 aliphatic rings. The Morgan fingerprint density at radius 2 is 1.64 bits per heavy atom. The maximum Gasteiger partial charge on any atom is 0.244 e. The maximum atomic E-state index is 13.2. The number of para-hydroxylation sites is 2. The van der Waals surface area contributed by atoms with Gasteiger partial charge in [-0.25, -0.2) is 18.4 Å². The van der Waals surface area contributed by atoms with Crippen molar-refractivity contribution in [2.24, 2.45) is 0 Å². The van der Waals surface area contributed by atoms with E-state index in [1.165, 1.54) is 28.2 Å². The van der Waals surface area contributed by atoms with E-state index in [4.69, 9.17) is 37.9 Å². The zero-order valence-corrected chi connectivity index (χ0v) is 24.7. The molecule has 0 saturated carbocycles. The van der Waals surface area contributed by atoms with Gasteiger partial charge < -0.3 is 14.5 Å². The Labute approximate surface area is 242 Å². The quantitative estimate of drug-likeness (QED) is 0.384. The van der Waals surface area contributed by atoms with E-state index in [1.54, 1.807) is 11.0 Å². The van der Waals surface area contributed by atoms with Crippen molar-refractivity contribution in [2.45, 2.75) is 36.0 Å². The Morgan fingerprint density at radius 3 is 2.31 bits per heavy atom. The minimum absolute atomic E-state index is 0.0267. The molecule has 2 unspecified atom stereocenters. The molecule has 39 heavy (non-hydrogen) atoms. The Hall–Kier alpha value is -2.15. The number of ether oxygens (including phenoxy) is 1. The molecule has 208 valence electrons. The summed E-state index contributed by atoms with van der Waals surface area (Å²) in [6.45, 7) is 6.36. The van der Waals surface area contributed by atoms with Crippen LogP contribution in [0.3, 0.4) is 0 Å². The number of carbonyl (C=O) groups excluding carboxylic acids is 1. The van der Waals surface area contributed by atoms with Crippen LogP contribution >= 0.6 is 35.0 Å². The van der Waals surface area contributed by atoms with Crippen LogP contribution in [0.4, 0.5) is 5.82 Å². The summed E-state index contributed by atoms with van der Waals surface area (Å²) in [6.07, 6.45) is 0.103. The van der Waals surface area contributed by atoms with Crippen LogP contribution in [0.5, 0.6) is 0 Å². The summed E-state index contributed by atoms with van der Waals surface area (Å²) in [7, 11) is -3.83. The van der Waals surface area contributed by atoms with E-state index >= 15 is 0 Å². The van der Waals surface area contributed by atoms with Gasteiger partial charge in [0.2, 0.25) is 15.9 Å². The highest BCUT2D eigenvalue weighted by molar-refractivity contribution is 8.00. The molecule has 13 heteroatoms. The van der Waals surface area contributed by atoms with Crippen LogP contribution in [0.2, 0.25) is 10.0 Å². The first-order valence-electron chi connectivity index (χ1n) is 12.6. The van der Waals surface area contributed by atoms with Crippen LogP contribution in [-0.2, 0) is 19.6 Å². The summed E-state index contributed by atoms with van der Waals surface area (Å²) in [6, 6.07) is 12.1. The van der Waals surface area contributed by atoms with Crippen LogP contribution in [0.1, 0.15) is 13.8 Å². The molecule has 0 aliphatic carbocycles. The van der Waals surface area contributed by atoms with Crippen molar-refractivity contribution in [1.82, 2.24) is 19.2 Å². The minimum Gasteiger partial charge on any atom is -0.372 e. The molecule has 0 N–H and O–H groups in total. The van der Waals surface area contributed by atoms with E-state index in [1.807, 2.05) is 38.1 Å². The molecule has 1 aromatic heterocycles. The van der Waals surface area contributed by atoms with Gasteiger partial charge in [0.15, 0.2) is 5.82 Å². The third-order valence-corrected chi connectivity index (χ3v) is 10.2. The molecule has 2 saturated heterocycles. The number of hydrogen-bond acceptors (Lipinski definition) is 8. The highest BCUT2D eigenvalue weighted by Gasteiger charge is 2.32. The number of aromatic nitrogens is 2. The number of morpholine rings is 1. The van der Waals surface area contributed by atoms with Gasteiger partial charge in [-0.05, 0) is 44.2 Å². The molecule has 2 fully saturated rings. The van der Waals surface area contributed by atoms with Gasteiger partial charge in [-0.1, -0.05) is 47.1 Å². The van der Waals surface area contributed by atoms with Crippen molar-refractivity contribution in [2.75, 3.05) is 49.9 Å². The van der Waals surface area contributed by atoms with E-state index in [9.17, 15) is 13.2 Å². The first-order valence-corrected chi connectivity index (χ1v) is 15.8. The van der Waals surface area contributed by atoms with Crippen LogP contribution in [0.25, 0.3) is 11.0 Å².